The maximum absolute atomic E-state index is 5.71. The van der Waals surface area contributed by atoms with Crippen molar-refractivity contribution < 1.29 is 0 Å². The van der Waals surface area contributed by atoms with Gasteiger partial charge >= 0.3 is 0 Å². The number of rotatable bonds is 8. The van der Waals surface area contributed by atoms with E-state index >= 15 is 0 Å². The summed E-state index contributed by atoms with van der Waals surface area (Å²) in [5, 5.41) is 6.48. The Morgan fingerprint density at radius 1 is 1.16 bits per heavy atom. The third-order valence-electron chi connectivity index (χ3n) is 3.17. The van der Waals surface area contributed by atoms with E-state index in [1.807, 2.05) is 11.4 Å². The molecule has 104 valence electrons. The lowest BCUT2D eigenvalue weighted by molar-refractivity contribution is 0.617. The monoisotopic (exact) mass is 278 g/mol. The second kappa shape index (κ2) is 7.28. The molecule has 3 N–H and O–H groups in total. The van der Waals surface area contributed by atoms with Gasteiger partial charge in [0.15, 0.2) is 0 Å². The van der Waals surface area contributed by atoms with Gasteiger partial charge in [-0.25, -0.2) is 4.98 Å². The van der Waals surface area contributed by atoms with Crippen molar-refractivity contribution in [2.75, 3.05) is 17.6 Å². The van der Waals surface area contributed by atoms with E-state index in [4.69, 9.17) is 5.73 Å². The Kier molecular flexibility index (Phi) is 5.39. The Bertz CT molecular complexity index is 509. The highest BCUT2D eigenvalue weighted by Crippen LogP contribution is 2.25. The van der Waals surface area contributed by atoms with Crippen molar-refractivity contribution in [1.29, 1.82) is 0 Å². The first-order valence-electron chi connectivity index (χ1n) is 7.06. The van der Waals surface area contributed by atoms with Crippen molar-refractivity contribution in [3.05, 3.63) is 11.4 Å². The van der Waals surface area contributed by atoms with E-state index in [1.165, 1.54) is 38.5 Å². The first-order valence-corrected chi connectivity index (χ1v) is 7.94. The van der Waals surface area contributed by atoms with Crippen LogP contribution >= 0.6 is 11.3 Å². The second-order valence-corrected chi connectivity index (χ2v) is 5.66. The highest BCUT2D eigenvalue weighted by atomic mass is 32.1. The molecule has 0 aliphatic carbocycles. The molecule has 0 atom stereocenters. The van der Waals surface area contributed by atoms with Gasteiger partial charge in [0.1, 0.15) is 10.6 Å². The fourth-order valence-electron chi connectivity index (χ4n) is 2.12. The highest BCUT2D eigenvalue weighted by Gasteiger charge is 2.06. The zero-order valence-electron chi connectivity index (χ0n) is 11.5. The molecule has 2 heterocycles. The molecule has 0 fully saturated rings. The Balaban J connectivity index is 1.79. The van der Waals surface area contributed by atoms with Gasteiger partial charge in [0.2, 0.25) is 5.95 Å². The number of thiophene rings is 1. The Hall–Kier alpha value is -1.36. The van der Waals surface area contributed by atoms with E-state index in [0.717, 1.165) is 22.6 Å². The minimum Gasteiger partial charge on any atom is -0.369 e. The average molecular weight is 278 g/mol. The van der Waals surface area contributed by atoms with Crippen molar-refractivity contribution in [2.24, 2.45) is 0 Å². The molecule has 0 bridgehead atoms. The summed E-state index contributed by atoms with van der Waals surface area (Å²) in [5.41, 5.74) is 5.71. The predicted octanol–water partition coefficient (Wildman–Crippen LogP) is 4.05. The lowest BCUT2D eigenvalue weighted by atomic mass is 10.1. The van der Waals surface area contributed by atoms with Crippen molar-refractivity contribution in [2.45, 2.75) is 45.4 Å². The molecule has 0 radical (unpaired) electrons. The quantitative estimate of drug-likeness (QED) is 0.715. The van der Waals surface area contributed by atoms with E-state index in [2.05, 4.69) is 22.2 Å². The van der Waals surface area contributed by atoms with Crippen LogP contribution in [-0.4, -0.2) is 16.5 Å². The van der Waals surface area contributed by atoms with Crippen LogP contribution in [0.1, 0.15) is 45.4 Å². The fraction of sp³-hybridized carbons (Fsp3) is 0.571. The van der Waals surface area contributed by atoms with Crippen LogP contribution in [0.15, 0.2) is 11.4 Å². The summed E-state index contributed by atoms with van der Waals surface area (Å²) in [4.78, 5) is 9.46. The molecule has 0 unspecified atom stereocenters. The van der Waals surface area contributed by atoms with Crippen molar-refractivity contribution in [3.8, 4) is 0 Å². The lowest BCUT2D eigenvalue weighted by Crippen LogP contribution is -2.06. The number of nitrogens with two attached hydrogens (primary N) is 1. The smallest absolute Gasteiger partial charge is 0.223 e. The van der Waals surface area contributed by atoms with E-state index in [1.54, 1.807) is 11.3 Å². The molecule has 0 aromatic carbocycles. The summed E-state index contributed by atoms with van der Waals surface area (Å²) in [7, 11) is 0. The van der Waals surface area contributed by atoms with Gasteiger partial charge in [-0.15, -0.1) is 11.3 Å². The van der Waals surface area contributed by atoms with Crippen LogP contribution in [-0.2, 0) is 0 Å². The Morgan fingerprint density at radius 2 is 1.95 bits per heavy atom. The third-order valence-corrected chi connectivity index (χ3v) is 3.97. The molecular weight excluding hydrogens is 256 g/mol. The van der Waals surface area contributed by atoms with Crippen LogP contribution in [0.3, 0.4) is 0 Å². The van der Waals surface area contributed by atoms with E-state index in [0.29, 0.717) is 5.95 Å². The molecule has 2 rings (SSSR count). The number of hydrogen-bond acceptors (Lipinski definition) is 5. The van der Waals surface area contributed by atoms with Crippen molar-refractivity contribution in [3.63, 3.8) is 0 Å². The summed E-state index contributed by atoms with van der Waals surface area (Å²) in [6, 6.07) is 2.04. The molecule has 4 nitrogen and oxygen atoms in total. The van der Waals surface area contributed by atoms with Crippen LogP contribution in [0, 0.1) is 0 Å². The Labute approximate surface area is 118 Å². The molecule has 5 heteroatoms. The summed E-state index contributed by atoms with van der Waals surface area (Å²) < 4.78 is 0. The molecule has 0 saturated carbocycles. The summed E-state index contributed by atoms with van der Waals surface area (Å²) >= 11 is 1.60. The molecule has 2 aromatic rings. The molecule has 0 spiro atoms. The van der Waals surface area contributed by atoms with Gasteiger partial charge < -0.3 is 11.1 Å². The normalized spacial score (nSPS) is 11.0. The topological polar surface area (TPSA) is 63.8 Å². The first-order chi connectivity index (χ1) is 9.31. The highest BCUT2D eigenvalue weighted by molar-refractivity contribution is 7.16. The fourth-order valence-corrected chi connectivity index (χ4v) is 2.89. The molecular formula is C14H22N4S. The number of nitrogens with one attached hydrogen (secondary N) is 1. The number of anilines is 2. The number of nitrogens with zero attached hydrogens (tertiary/aromatic N) is 2. The Morgan fingerprint density at radius 3 is 2.79 bits per heavy atom. The van der Waals surface area contributed by atoms with E-state index in [-0.39, 0.29) is 0 Å². The van der Waals surface area contributed by atoms with Crippen LogP contribution < -0.4 is 11.1 Å². The van der Waals surface area contributed by atoms with Crippen LogP contribution in [0.25, 0.3) is 10.2 Å². The minimum atomic E-state index is 0.348. The van der Waals surface area contributed by atoms with Crippen molar-refractivity contribution >= 4 is 33.3 Å². The van der Waals surface area contributed by atoms with Crippen LogP contribution in [0.5, 0.6) is 0 Å². The van der Waals surface area contributed by atoms with Crippen molar-refractivity contribution in [1.82, 2.24) is 9.97 Å². The standard InChI is InChI=1S/C14H22N4S/c1-2-3-4-5-6-7-9-16-12-11-8-10-19-13(11)18-14(15)17-12/h8,10H,2-7,9H2,1H3,(H3,15,16,17,18). The maximum atomic E-state index is 5.71. The summed E-state index contributed by atoms with van der Waals surface area (Å²) in [5.74, 6) is 1.22. The SMILES string of the molecule is CCCCCCCCNc1nc(N)nc2sccc12. The van der Waals surface area contributed by atoms with Gasteiger partial charge in [-0.1, -0.05) is 39.0 Å². The van der Waals surface area contributed by atoms with Gasteiger partial charge in [0.25, 0.3) is 0 Å². The molecule has 0 aliphatic heterocycles. The van der Waals surface area contributed by atoms with E-state index < -0.39 is 0 Å². The molecule has 0 aliphatic rings. The molecule has 0 saturated heterocycles. The zero-order chi connectivity index (χ0) is 13.5. The molecule has 2 aromatic heterocycles. The lowest BCUT2D eigenvalue weighted by Gasteiger charge is -2.07. The number of fused-ring (bicyclic) bond motifs is 1. The van der Waals surface area contributed by atoms with Crippen LogP contribution in [0.4, 0.5) is 11.8 Å². The maximum Gasteiger partial charge on any atom is 0.223 e. The van der Waals surface area contributed by atoms with Gasteiger partial charge in [0, 0.05) is 6.54 Å². The number of hydrogen-bond donors (Lipinski definition) is 2. The largest absolute Gasteiger partial charge is 0.369 e. The number of nitrogen functional groups attached to an aromatic ring is 1. The average Bonchev–Trinajstić information content (AvgIpc) is 2.85. The van der Waals surface area contributed by atoms with Gasteiger partial charge in [-0.2, -0.15) is 4.98 Å². The molecule has 0 amide bonds. The molecule has 19 heavy (non-hydrogen) atoms. The third kappa shape index (κ3) is 4.06. The van der Waals surface area contributed by atoms with E-state index in [9.17, 15) is 0 Å². The van der Waals surface area contributed by atoms with Crippen LogP contribution in [0.2, 0.25) is 0 Å². The van der Waals surface area contributed by atoms with Gasteiger partial charge in [0.05, 0.1) is 5.39 Å². The minimum absolute atomic E-state index is 0.348. The number of aromatic nitrogens is 2. The van der Waals surface area contributed by atoms with Gasteiger partial charge in [-0.3, -0.25) is 0 Å². The summed E-state index contributed by atoms with van der Waals surface area (Å²) in [6.07, 6.45) is 7.79. The number of unbranched alkanes of at least 4 members (excludes halogenated alkanes) is 5. The second-order valence-electron chi connectivity index (χ2n) is 4.76. The summed E-state index contributed by atoms with van der Waals surface area (Å²) in [6.45, 7) is 3.20. The first kappa shape index (κ1) is 14.1. The predicted molar refractivity (Wildman–Crippen MR) is 83.7 cm³/mol. The van der Waals surface area contributed by atoms with Gasteiger partial charge in [-0.05, 0) is 17.9 Å². The zero-order valence-corrected chi connectivity index (χ0v) is 12.3.